The molecule has 2 aromatic carbocycles. The van der Waals surface area contributed by atoms with Crippen LogP contribution in [-0.4, -0.2) is 5.97 Å². The highest BCUT2D eigenvalue weighted by molar-refractivity contribution is 6.37. The smallest absolute Gasteiger partial charge is 0.351 e. The summed E-state index contributed by atoms with van der Waals surface area (Å²) in [6.07, 6.45) is 0. The summed E-state index contributed by atoms with van der Waals surface area (Å²) in [6.45, 7) is 0. The van der Waals surface area contributed by atoms with Crippen LogP contribution in [0.25, 0.3) is 11.0 Å². The number of rotatable bonds is 2. The summed E-state index contributed by atoms with van der Waals surface area (Å²) in [4.78, 5) is 24.1. The van der Waals surface area contributed by atoms with Crippen molar-refractivity contribution in [2.24, 2.45) is 0 Å². The number of hydrogen-bond donors (Lipinski definition) is 0. The van der Waals surface area contributed by atoms with Crippen molar-refractivity contribution in [3.63, 3.8) is 0 Å². The maximum atomic E-state index is 12.2. The van der Waals surface area contributed by atoms with E-state index in [0.29, 0.717) is 11.0 Å². The molecule has 22 heavy (non-hydrogen) atoms. The van der Waals surface area contributed by atoms with E-state index in [1.807, 2.05) is 0 Å². The fraction of sp³-hybridized carbons (Fsp3) is 0. The molecule has 1 heterocycles. The third kappa shape index (κ3) is 2.71. The fourth-order valence-corrected chi connectivity index (χ4v) is 2.41. The van der Waals surface area contributed by atoms with Crippen LogP contribution in [0.1, 0.15) is 10.4 Å². The van der Waals surface area contributed by atoms with Crippen LogP contribution >= 0.6 is 23.2 Å². The van der Waals surface area contributed by atoms with Crippen LogP contribution in [0, 0.1) is 0 Å². The van der Waals surface area contributed by atoms with Crippen molar-refractivity contribution in [1.82, 2.24) is 0 Å². The standard InChI is InChI=1S/C16H8Cl2O4/c17-11-5-3-6-12(18)14(11)22-16(20)10-8-9-4-1-2-7-13(9)21-15(10)19/h1-8H. The Labute approximate surface area is 134 Å². The van der Waals surface area contributed by atoms with Crippen LogP contribution in [0.4, 0.5) is 0 Å². The Morgan fingerprint density at radius 1 is 1.00 bits per heavy atom. The van der Waals surface area contributed by atoms with Crippen molar-refractivity contribution in [3.8, 4) is 5.75 Å². The molecule has 6 heteroatoms. The van der Waals surface area contributed by atoms with Gasteiger partial charge in [0.05, 0.1) is 10.0 Å². The Hall–Kier alpha value is -2.30. The molecule has 0 amide bonds. The molecule has 0 atom stereocenters. The topological polar surface area (TPSA) is 56.5 Å². The molecule has 0 spiro atoms. The summed E-state index contributed by atoms with van der Waals surface area (Å²) in [7, 11) is 0. The third-order valence-corrected chi connectivity index (χ3v) is 3.57. The minimum atomic E-state index is -0.880. The van der Waals surface area contributed by atoms with Crippen LogP contribution < -0.4 is 10.4 Å². The predicted octanol–water partition coefficient (Wildman–Crippen LogP) is 4.32. The van der Waals surface area contributed by atoms with E-state index in [2.05, 4.69) is 0 Å². The van der Waals surface area contributed by atoms with Gasteiger partial charge in [-0.2, -0.15) is 0 Å². The zero-order chi connectivity index (χ0) is 15.7. The Morgan fingerprint density at radius 3 is 2.41 bits per heavy atom. The highest BCUT2D eigenvalue weighted by atomic mass is 35.5. The van der Waals surface area contributed by atoms with E-state index in [0.717, 1.165) is 0 Å². The molecule has 0 saturated carbocycles. The number of ether oxygens (including phenoxy) is 1. The molecule has 0 aliphatic heterocycles. The number of halogens is 2. The van der Waals surface area contributed by atoms with Crippen molar-refractivity contribution in [2.75, 3.05) is 0 Å². The van der Waals surface area contributed by atoms with Crippen LogP contribution in [-0.2, 0) is 0 Å². The molecule has 3 aromatic rings. The molecular weight excluding hydrogens is 327 g/mol. The number of fused-ring (bicyclic) bond motifs is 1. The van der Waals surface area contributed by atoms with Gasteiger partial charge in [-0.05, 0) is 24.3 Å². The molecule has 0 bridgehead atoms. The van der Waals surface area contributed by atoms with Crippen molar-refractivity contribution in [1.29, 1.82) is 0 Å². The molecule has 0 saturated heterocycles. The van der Waals surface area contributed by atoms with Gasteiger partial charge in [0.25, 0.3) is 0 Å². The van der Waals surface area contributed by atoms with Gasteiger partial charge >= 0.3 is 11.6 Å². The molecule has 0 radical (unpaired) electrons. The molecule has 0 aliphatic rings. The summed E-state index contributed by atoms with van der Waals surface area (Å²) < 4.78 is 10.2. The molecule has 4 nitrogen and oxygen atoms in total. The largest absolute Gasteiger partial charge is 0.422 e. The lowest BCUT2D eigenvalue weighted by atomic mass is 10.2. The fourth-order valence-electron chi connectivity index (χ4n) is 1.93. The lowest BCUT2D eigenvalue weighted by Gasteiger charge is -2.07. The van der Waals surface area contributed by atoms with E-state index in [1.54, 1.807) is 30.3 Å². The summed E-state index contributed by atoms with van der Waals surface area (Å²) in [5.41, 5.74) is -0.624. The second-order valence-corrected chi connectivity index (χ2v) is 5.24. The van der Waals surface area contributed by atoms with E-state index in [1.165, 1.54) is 18.2 Å². The second-order valence-electron chi connectivity index (χ2n) is 4.43. The summed E-state index contributed by atoms with van der Waals surface area (Å²) in [5.74, 6) is -0.877. The van der Waals surface area contributed by atoms with E-state index < -0.39 is 11.6 Å². The number of benzene rings is 2. The van der Waals surface area contributed by atoms with Crippen molar-refractivity contribution in [2.45, 2.75) is 0 Å². The maximum Gasteiger partial charge on any atom is 0.351 e. The van der Waals surface area contributed by atoms with Gasteiger partial charge in [0.15, 0.2) is 5.75 Å². The first-order valence-electron chi connectivity index (χ1n) is 6.25. The minimum absolute atomic E-state index is 0.00314. The third-order valence-electron chi connectivity index (χ3n) is 2.98. The van der Waals surface area contributed by atoms with Gasteiger partial charge in [0.1, 0.15) is 11.1 Å². The van der Waals surface area contributed by atoms with E-state index in [9.17, 15) is 9.59 Å². The number of esters is 1. The second kappa shape index (κ2) is 5.83. The van der Waals surface area contributed by atoms with Gasteiger partial charge < -0.3 is 9.15 Å². The van der Waals surface area contributed by atoms with Crippen molar-refractivity contribution < 1.29 is 13.9 Å². The average Bonchev–Trinajstić information content (AvgIpc) is 2.50. The summed E-state index contributed by atoms with van der Waals surface area (Å²) >= 11 is 11.9. The molecule has 0 unspecified atom stereocenters. The molecule has 3 rings (SSSR count). The number of para-hydroxylation sites is 2. The maximum absolute atomic E-state index is 12.2. The first kappa shape index (κ1) is 14.6. The lowest BCUT2D eigenvalue weighted by molar-refractivity contribution is 0.0730. The average molecular weight is 335 g/mol. The van der Waals surface area contributed by atoms with E-state index in [4.69, 9.17) is 32.4 Å². The number of carbonyl (C=O) groups is 1. The Bertz CT molecular complexity index is 911. The first-order valence-corrected chi connectivity index (χ1v) is 7.01. The Kier molecular flexibility index (Phi) is 3.88. The van der Waals surface area contributed by atoms with Gasteiger partial charge in [0.2, 0.25) is 0 Å². The predicted molar refractivity (Wildman–Crippen MR) is 83.9 cm³/mol. The van der Waals surface area contributed by atoms with E-state index >= 15 is 0 Å². The Balaban J connectivity index is 2.02. The van der Waals surface area contributed by atoms with Gasteiger partial charge in [0, 0.05) is 5.39 Å². The molecular formula is C16H8Cl2O4. The van der Waals surface area contributed by atoms with Crippen molar-refractivity contribution >= 4 is 40.1 Å². The molecule has 1 aromatic heterocycles. The zero-order valence-corrected chi connectivity index (χ0v) is 12.5. The monoisotopic (exact) mass is 334 g/mol. The molecule has 0 aliphatic carbocycles. The summed E-state index contributed by atoms with van der Waals surface area (Å²) in [5, 5.41) is 0.955. The summed E-state index contributed by atoms with van der Waals surface area (Å²) in [6, 6.07) is 12.9. The van der Waals surface area contributed by atoms with E-state index in [-0.39, 0.29) is 21.4 Å². The molecule has 110 valence electrons. The molecule has 0 fully saturated rings. The SMILES string of the molecule is O=C(Oc1c(Cl)cccc1Cl)c1cc2ccccc2oc1=O. The van der Waals surface area contributed by atoms with Gasteiger partial charge in [-0.3, -0.25) is 0 Å². The van der Waals surface area contributed by atoms with Gasteiger partial charge in [-0.25, -0.2) is 9.59 Å². The van der Waals surface area contributed by atoms with Crippen LogP contribution in [0.5, 0.6) is 5.75 Å². The highest BCUT2D eigenvalue weighted by Crippen LogP contribution is 2.32. The molecule has 0 N–H and O–H groups in total. The van der Waals surface area contributed by atoms with Gasteiger partial charge in [-0.1, -0.05) is 47.5 Å². The zero-order valence-electron chi connectivity index (χ0n) is 11.0. The van der Waals surface area contributed by atoms with Crippen LogP contribution in [0.2, 0.25) is 10.0 Å². The quantitative estimate of drug-likeness (QED) is 0.398. The minimum Gasteiger partial charge on any atom is -0.422 e. The van der Waals surface area contributed by atoms with Crippen LogP contribution in [0.3, 0.4) is 0 Å². The lowest BCUT2D eigenvalue weighted by Crippen LogP contribution is -2.19. The normalized spacial score (nSPS) is 10.6. The highest BCUT2D eigenvalue weighted by Gasteiger charge is 2.18. The van der Waals surface area contributed by atoms with Crippen molar-refractivity contribution in [3.05, 3.63) is 74.6 Å². The Morgan fingerprint density at radius 2 is 1.68 bits per heavy atom. The number of carbonyl (C=O) groups excluding carboxylic acids is 1. The first-order chi connectivity index (χ1) is 10.6. The van der Waals surface area contributed by atoms with Gasteiger partial charge in [-0.15, -0.1) is 0 Å². The number of hydrogen-bond acceptors (Lipinski definition) is 4. The van der Waals surface area contributed by atoms with Crippen LogP contribution in [0.15, 0.2) is 57.7 Å².